The second-order valence-electron chi connectivity index (χ2n) is 5.10. The summed E-state index contributed by atoms with van der Waals surface area (Å²) in [6, 6.07) is -0.518. The molecule has 7 heteroatoms. The molecule has 2 aromatic heterocycles. The number of anilines is 1. The summed E-state index contributed by atoms with van der Waals surface area (Å²) < 4.78 is 1.67. The van der Waals surface area contributed by atoms with Gasteiger partial charge >= 0.3 is 5.97 Å². The van der Waals surface area contributed by atoms with Gasteiger partial charge in [-0.2, -0.15) is 5.10 Å². The largest absolute Gasteiger partial charge is 0.480 e. The maximum Gasteiger partial charge on any atom is 0.326 e. The molecule has 2 aromatic rings. The zero-order valence-corrected chi connectivity index (χ0v) is 11.4. The van der Waals surface area contributed by atoms with E-state index in [1.165, 1.54) is 6.33 Å². The van der Waals surface area contributed by atoms with E-state index in [1.807, 2.05) is 11.9 Å². The smallest absolute Gasteiger partial charge is 0.326 e. The molecule has 1 atom stereocenters. The fourth-order valence-electron chi connectivity index (χ4n) is 2.80. The minimum atomic E-state index is -0.789. The first-order valence-electron chi connectivity index (χ1n) is 6.80. The molecule has 1 aliphatic heterocycles. The predicted molar refractivity (Wildman–Crippen MR) is 73.5 cm³/mol. The van der Waals surface area contributed by atoms with Gasteiger partial charge < -0.3 is 10.0 Å². The molecule has 0 spiro atoms. The number of hydrogen-bond acceptors (Lipinski definition) is 5. The van der Waals surface area contributed by atoms with E-state index in [4.69, 9.17) is 0 Å². The molecule has 0 aliphatic carbocycles. The summed E-state index contributed by atoms with van der Waals surface area (Å²) in [5.74, 6) is -0.111. The standard InChI is InChI=1S/C13H17N5O2/c1-17-11-9(7-16-17)12(15-8-14-11)18-6-4-2-3-5-10(18)13(19)20/h7-8,10H,2-6H2,1H3,(H,19,20). The lowest BCUT2D eigenvalue weighted by molar-refractivity contribution is -0.138. The van der Waals surface area contributed by atoms with Crippen LogP contribution >= 0.6 is 0 Å². The number of aliphatic carboxylic acids is 1. The van der Waals surface area contributed by atoms with Crippen LogP contribution in [0.3, 0.4) is 0 Å². The zero-order chi connectivity index (χ0) is 14.1. The maximum absolute atomic E-state index is 11.5. The summed E-state index contributed by atoms with van der Waals surface area (Å²) in [5.41, 5.74) is 0.725. The Kier molecular flexibility index (Phi) is 3.25. The second kappa shape index (κ2) is 5.07. The van der Waals surface area contributed by atoms with Crippen LogP contribution in [0.1, 0.15) is 25.7 Å². The molecule has 0 aromatic carbocycles. The van der Waals surface area contributed by atoms with Crippen LogP contribution in [0.2, 0.25) is 0 Å². The SMILES string of the molecule is Cn1ncc2c(N3CCCCCC3C(=O)O)ncnc21. The molecule has 0 saturated carbocycles. The number of carboxylic acids is 1. The van der Waals surface area contributed by atoms with E-state index < -0.39 is 12.0 Å². The fraction of sp³-hybridized carbons (Fsp3) is 0.538. The number of fused-ring (bicyclic) bond motifs is 1. The van der Waals surface area contributed by atoms with Crippen molar-refractivity contribution in [1.82, 2.24) is 19.7 Å². The van der Waals surface area contributed by atoms with Crippen LogP contribution in [-0.4, -0.2) is 43.4 Å². The third-order valence-corrected chi connectivity index (χ3v) is 3.82. The van der Waals surface area contributed by atoms with Crippen molar-refractivity contribution in [3.05, 3.63) is 12.5 Å². The lowest BCUT2D eigenvalue weighted by atomic mass is 10.1. The van der Waals surface area contributed by atoms with E-state index in [9.17, 15) is 9.90 Å². The van der Waals surface area contributed by atoms with Crippen LogP contribution in [0, 0.1) is 0 Å². The second-order valence-corrected chi connectivity index (χ2v) is 5.10. The zero-order valence-electron chi connectivity index (χ0n) is 11.4. The highest BCUT2D eigenvalue weighted by molar-refractivity contribution is 5.89. The van der Waals surface area contributed by atoms with E-state index in [0.29, 0.717) is 18.8 Å². The van der Waals surface area contributed by atoms with E-state index in [1.54, 1.807) is 10.9 Å². The molecule has 1 fully saturated rings. The first kappa shape index (κ1) is 12.8. The van der Waals surface area contributed by atoms with Gasteiger partial charge in [-0.25, -0.2) is 14.8 Å². The van der Waals surface area contributed by atoms with Gasteiger partial charge in [0.1, 0.15) is 18.2 Å². The van der Waals surface area contributed by atoms with Crippen molar-refractivity contribution < 1.29 is 9.90 Å². The topological polar surface area (TPSA) is 84.1 Å². The summed E-state index contributed by atoms with van der Waals surface area (Å²) in [6.07, 6.45) is 6.81. The normalized spacial score (nSPS) is 20.1. The van der Waals surface area contributed by atoms with Gasteiger partial charge in [-0.1, -0.05) is 12.8 Å². The van der Waals surface area contributed by atoms with Crippen LogP contribution < -0.4 is 4.90 Å². The number of hydrogen-bond donors (Lipinski definition) is 1. The quantitative estimate of drug-likeness (QED) is 0.886. The maximum atomic E-state index is 11.5. The van der Waals surface area contributed by atoms with Gasteiger partial charge in [-0.3, -0.25) is 4.68 Å². The van der Waals surface area contributed by atoms with Crippen LogP contribution in [-0.2, 0) is 11.8 Å². The van der Waals surface area contributed by atoms with Crippen LogP contribution in [0.25, 0.3) is 11.0 Å². The summed E-state index contributed by atoms with van der Waals surface area (Å²) >= 11 is 0. The van der Waals surface area contributed by atoms with Gasteiger partial charge in [0.15, 0.2) is 5.65 Å². The van der Waals surface area contributed by atoms with Gasteiger partial charge in [-0.15, -0.1) is 0 Å². The molecule has 106 valence electrons. The molecule has 7 nitrogen and oxygen atoms in total. The predicted octanol–water partition coefficient (Wildman–Crippen LogP) is 1.20. The van der Waals surface area contributed by atoms with Crippen molar-refractivity contribution >= 4 is 22.8 Å². The fourth-order valence-corrected chi connectivity index (χ4v) is 2.80. The average Bonchev–Trinajstić information content (AvgIpc) is 2.68. The van der Waals surface area contributed by atoms with Crippen LogP contribution in [0.5, 0.6) is 0 Å². The Morgan fingerprint density at radius 3 is 3.00 bits per heavy atom. The van der Waals surface area contributed by atoms with Crippen LogP contribution in [0.15, 0.2) is 12.5 Å². The molecule has 3 rings (SSSR count). The minimum Gasteiger partial charge on any atom is -0.480 e. The van der Waals surface area contributed by atoms with Crippen molar-refractivity contribution in [2.24, 2.45) is 7.05 Å². The summed E-state index contributed by atoms with van der Waals surface area (Å²) in [5, 5.41) is 14.5. The van der Waals surface area contributed by atoms with E-state index in [0.717, 1.165) is 30.3 Å². The number of nitrogens with zero attached hydrogens (tertiary/aromatic N) is 5. The van der Waals surface area contributed by atoms with Gasteiger partial charge in [0, 0.05) is 13.6 Å². The van der Waals surface area contributed by atoms with Crippen molar-refractivity contribution in [2.45, 2.75) is 31.7 Å². The summed E-state index contributed by atoms with van der Waals surface area (Å²) in [6.45, 7) is 0.706. The van der Waals surface area contributed by atoms with Crippen molar-refractivity contribution in [2.75, 3.05) is 11.4 Å². The Bertz CT molecular complexity index is 639. The highest BCUT2D eigenvalue weighted by Gasteiger charge is 2.29. The molecule has 1 aliphatic rings. The third kappa shape index (κ3) is 2.09. The van der Waals surface area contributed by atoms with Gasteiger partial charge in [0.2, 0.25) is 0 Å². The molecule has 3 heterocycles. The van der Waals surface area contributed by atoms with Crippen molar-refractivity contribution in [1.29, 1.82) is 0 Å². The molecule has 0 amide bonds. The Labute approximate surface area is 116 Å². The first-order valence-corrected chi connectivity index (χ1v) is 6.80. The lowest BCUT2D eigenvalue weighted by Crippen LogP contribution is -2.41. The molecule has 1 unspecified atom stereocenters. The van der Waals surface area contributed by atoms with Crippen LogP contribution in [0.4, 0.5) is 5.82 Å². The van der Waals surface area contributed by atoms with E-state index in [-0.39, 0.29) is 0 Å². The molecule has 0 bridgehead atoms. The minimum absolute atomic E-state index is 0.518. The summed E-state index contributed by atoms with van der Waals surface area (Å²) in [4.78, 5) is 21.9. The molecular formula is C13H17N5O2. The van der Waals surface area contributed by atoms with Crippen molar-refractivity contribution in [3.63, 3.8) is 0 Å². The monoisotopic (exact) mass is 275 g/mol. The Balaban J connectivity index is 2.09. The highest BCUT2D eigenvalue weighted by atomic mass is 16.4. The average molecular weight is 275 g/mol. The molecule has 0 radical (unpaired) electrons. The molecule has 20 heavy (non-hydrogen) atoms. The molecular weight excluding hydrogens is 258 g/mol. The van der Waals surface area contributed by atoms with Crippen molar-refractivity contribution in [3.8, 4) is 0 Å². The Morgan fingerprint density at radius 2 is 2.20 bits per heavy atom. The first-order chi connectivity index (χ1) is 9.68. The number of aryl methyl sites for hydroxylation is 1. The van der Waals surface area contributed by atoms with Gasteiger partial charge in [0.05, 0.1) is 11.6 Å². The number of carboxylic acid groups (broad SMARTS) is 1. The van der Waals surface area contributed by atoms with E-state index in [2.05, 4.69) is 15.1 Å². The van der Waals surface area contributed by atoms with Gasteiger partial charge in [0.25, 0.3) is 0 Å². The summed E-state index contributed by atoms with van der Waals surface area (Å²) in [7, 11) is 1.82. The Hall–Kier alpha value is -2.18. The highest BCUT2D eigenvalue weighted by Crippen LogP contribution is 2.28. The number of rotatable bonds is 2. The lowest BCUT2D eigenvalue weighted by Gasteiger charge is -2.28. The van der Waals surface area contributed by atoms with E-state index >= 15 is 0 Å². The molecule has 1 saturated heterocycles. The van der Waals surface area contributed by atoms with Gasteiger partial charge in [-0.05, 0) is 12.8 Å². The number of aromatic nitrogens is 4. The molecule has 1 N–H and O–H groups in total. The Morgan fingerprint density at radius 1 is 1.35 bits per heavy atom. The number of carbonyl (C=O) groups is 1. The third-order valence-electron chi connectivity index (χ3n) is 3.82.